The largest absolute Gasteiger partial charge is 0.494 e. The van der Waals surface area contributed by atoms with E-state index in [4.69, 9.17) is 10.5 Å². The summed E-state index contributed by atoms with van der Waals surface area (Å²) < 4.78 is 18.3. The Morgan fingerprint density at radius 3 is 2.75 bits per heavy atom. The van der Waals surface area contributed by atoms with Crippen LogP contribution in [0.3, 0.4) is 0 Å². The molecule has 84 valence electrons. The van der Waals surface area contributed by atoms with Crippen molar-refractivity contribution in [2.45, 2.75) is 6.04 Å². The molecule has 16 heavy (non-hydrogen) atoms. The van der Waals surface area contributed by atoms with E-state index in [0.717, 1.165) is 10.4 Å². The Balaban J connectivity index is 2.31. The maximum atomic E-state index is 13.5. The third-order valence-electron chi connectivity index (χ3n) is 2.38. The minimum Gasteiger partial charge on any atom is -0.494 e. The zero-order chi connectivity index (χ0) is 11.5. The van der Waals surface area contributed by atoms with Crippen molar-refractivity contribution < 1.29 is 9.13 Å². The van der Waals surface area contributed by atoms with Gasteiger partial charge in [-0.25, -0.2) is 4.39 Å². The Labute approximate surface area is 97.5 Å². The van der Waals surface area contributed by atoms with E-state index in [1.54, 1.807) is 23.5 Å². The molecule has 0 radical (unpaired) electrons. The Kier molecular flexibility index (Phi) is 3.22. The number of rotatable bonds is 3. The Morgan fingerprint density at radius 2 is 2.19 bits per heavy atom. The number of halogens is 1. The molecule has 0 fully saturated rings. The molecular weight excluding hydrogens is 225 g/mol. The summed E-state index contributed by atoms with van der Waals surface area (Å²) in [4.78, 5) is 1.02. The summed E-state index contributed by atoms with van der Waals surface area (Å²) in [5, 5.41) is 1.95. The SMILES string of the molecule is COc1ccc([C@H](N)c2cccs2)cc1F. The van der Waals surface area contributed by atoms with Gasteiger partial charge in [-0.05, 0) is 29.1 Å². The molecule has 0 saturated heterocycles. The first-order valence-corrected chi connectivity index (χ1v) is 5.72. The number of ether oxygens (including phenoxy) is 1. The number of benzene rings is 1. The van der Waals surface area contributed by atoms with Crippen LogP contribution in [0, 0.1) is 5.82 Å². The molecule has 0 saturated carbocycles. The molecule has 1 aromatic heterocycles. The minimum absolute atomic E-state index is 0.238. The Morgan fingerprint density at radius 1 is 1.38 bits per heavy atom. The normalized spacial score (nSPS) is 12.4. The highest BCUT2D eigenvalue weighted by Crippen LogP contribution is 2.26. The monoisotopic (exact) mass is 237 g/mol. The Bertz CT molecular complexity index is 470. The third-order valence-corrected chi connectivity index (χ3v) is 3.34. The molecule has 2 nitrogen and oxygen atoms in total. The number of methoxy groups -OCH3 is 1. The van der Waals surface area contributed by atoms with Crippen molar-refractivity contribution in [3.63, 3.8) is 0 Å². The second-order valence-corrected chi connectivity index (χ2v) is 4.37. The van der Waals surface area contributed by atoms with Gasteiger partial charge in [-0.3, -0.25) is 0 Å². The van der Waals surface area contributed by atoms with Crippen LogP contribution in [0.15, 0.2) is 35.7 Å². The maximum absolute atomic E-state index is 13.5. The van der Waals surface area contributed by atoms with E-state index >= 15 is 0 Å². The van der Waals surface area contributed by atoms with Crippen molar-refractivity contribution in [1.29, 1.82) is 0 Å². The van der Waals surface area contributed by atoms with E-state index < -0.39 is 0 Å². The molecule has 0 spiro atoms. The van der Waals surface area contributed by atoms with Crippen molar-refractivity contribution in [3.8, 4) is 5.75 Å². The van der Waals surface area contributed by atoms with Gasteiger partial charge in [-0.15, -0.1) is 11.3 Å². The van der Waals surface area contributed by atoms with Crippen LogP contribution in [-0.4, -0.2) is 7.11 Å². The van der Waals surface area contributed by atoms with Gasteiger partial charge in [0.05, 0.1) is 13.2 Å². The standard InChI is InChI=1S/C12H12FNOS/c1-15-10-5-4-8(7-9(10)13)12(14)11-3-2-6-16-11/h2-7,12H,14H2,1H3/t12-/m0/s1. The molecule has 0 amide bonds. The molecular formula is C12H12FNOS. The van der Waals surface area contributed by atoms with Gasteiger partial charge in [-0.1, -0.05) is 12.1 Å². The predicted octanol–water partition coefficient (Wildman–Crippen LogP) is 2.94. The molecule has 0 aliphatic carbocycles. The van der Waals surface area contributed by atoms with Gasteiger partial charge in [-0.2, -0.15) is 0 Å². The molecule has 2 aromatic rings. The van der Waals surface area contributed by atoms with Crippen LogP contribution in [0.2, 0.25) is 0 Å². The Hall–Kier alpha value is -1.39. The van der Waals surface area contributed by atoms with Crippen LogP contribution < -0.4 is 10.5 Å². The van der Waals surface area contributed by atoms with E-state index in [1.165, 1.54) is 13.2 Å². The predicted molar refractivity (Wildman–Crippen MR) is 63.3 cm³/mol. The second-order valence-electron chi connectivity index (χ2n) is 3.39. The number of hydrogen-bond acceptors (Lipinski definition) is 3. The summed E-state index contributed by atoms with van der Waals surface area (Å²) in [6, 6.07) is 8.39. The lowest BCUT2D eigenvalue weighted by Gasteiger charge is -2.11. The average Bonchev–Trinajstić information content (AvgIpc) is 2.81. The van der Waals surface area contributed by atoms with Crippen molar-refractivity contribution in [2.24, 2.45) is 5.73 Å². The van der Waals surface area contributed by atoms with Crippen molar-refractivity contribution in [3.05, 3.63) is 52.0 Å². The lowest BCUT2D eigenvalue weighted by atomic mass is 10.1. The summed E-state index contributed by atoms with van der Waals surface area (Å²) in [6.07, 6.45) is 0. The van der Waals surface area contributed by atoms with Gasteiger partial charge in [0.25, 0.3) is 0 Å². The summed E-state index contributed by atoms with van der Waals surface area (Å²) in [5.74, 6) is -0.144. The van der Waals surface area contributed by atoms with Crippen molar-refractivity contribution in [2.75, 3.05) is 7.11 Å². The first-order valence-electron chi connectivity index (χ1n) is 4.85. The van der Waals surface area contributed by atoms with Crippen LogP contribution in [0.5, 0.6) is 5.75 Å². The van der Waals surface area contributed by atoms with E-state index in [-0.39, 0.29) is 17.6 Å². The molecule has 4 heteroatoms. The summed E-state index contributed by atoms with van der Waals surface area (Å²) in [5.41, 5.74) is 6.77. The fourth-order valence-corrected chi connectivity index (χ4v) is 2.26. The highest BCUT2D eigenvalue weighted by atomic mass is 32.1. The van der Waals surface area contributed by atoms with Crippen LogP contribution in [0.4, 0.5) is 4.39 Å². The smallest absolute Gasteiger partial charge is 0.165 e. The van der Waals surface area contributed by atoms with Gasteiger partial charge in [0.15, 0.2) is 11.6 Å². The minimum atomic E-state index is -0.382. The van der Waals surface area contributed by atoms with Crippen LogP contribution >= 0.6 is 11.3 Å². The fraction of sp³-hybridized carbons (Fsp3) is 0.167. The highest BCUT2D eigenvalue weighted by Gasteiger charge is 2.12. The second kappa shape index (κ2) is 4.63. The highest BCUT2D eigenvalue weighted by molar-refractivity contribution is 7.10. The molecule has 2 rings (SSSR count). The summed E-state index contributed by atoms with van der Waals surface area (Å²) in [6.45, 7) is 0. The molecule has 0 unspecified atom stereocenters. The lowest BCUT2D eigenvalue weighted by molar-refractivity contribution is 0.386. The molecule has 0 bridgehead atoms. The lowest BCUT2D eigenvalue weighted by Crippen LogP contribution is -2.10. The zero-order valence-electron chi connectivity index (χ0n) is 8.81. The number of thiophene rings is 1. The van der Waals surface area contributed by atoms with E-state index in [0.29, 0.717) is 0 Å². The molecule has 1 aromatic carbocycles. The van der Waals surface area contributed by atoms with E-state index in [2.05, 4.69) is 0 Å². The average molecular weight is 237 g/mol. The van der Waals surface area contributed by atoms with Gasteiger partial charge < -0.3 is 10.5 Å². The molecule has 2 N–H and O–H groups in total. The van der Waals surface area contributed by atoms with Gasteiger partial charge >= 0.3 is 0 Å². The van der Waals surface area contributed by atoms with Crippen molar-refractivity contribution in [1.82, 2.24) is 0 Å². The molecule has 0 aliphatic rings. The van der Waals surface area contributed by atoms with Crippen LogP contribution in [-0.2, 0) is 0 Å². The topological polar surface area (TPSA) is 35.2 Å². The van der Waals surface area contributed by atoms with Gasteiger partial charge in [0.1, 0.15) is 0 Å². The van der Waals surface area contributed by atoms with Crippen LogP contribution in [0.25, 0.3) is 0 Å². The first kappa shape index (κ1) is 11.1. The number of hydrogen-bond donors (Lipinski definition) is 1. The fourth-order valence-electron chi connectivity index (χ4n) is 1.51. The molecule has 0 aliphatic heterocycles. The zero-order valence-corrected chi connectivity index (χ0v) is 9.63. The van der Waals surface area contributed by atoms with Crippen molar-refractivity contribution >= 4 is 11.3 Å². The third kappa shape index (κ3) is 2.08. The van der Waals surface area contributed by atoms with E-state index in [9.17, 15) is 4.39 Å². The van der Waals surface area contributed by atoms with Crippen LogP contribution in [0.1, 0.15) is 16.5 Å². The number of nitrogens with two attached hydrogens (primary N) is 1. The summed E-state index contributed by atoms with van der Waals surface area (Å²) in [7, 11) is 1.44. The van der Waals surface area contributed by atoms with Gasteiger partial charge in [0.2, 0.25) is 0 Å². The van der Waals surface area contributed by atoms with E-state index in [1.807, 2.05) is 17.5 Å². The quantitative estimate of drug-likeness (QED) is 0.890. The summed E-state index contributed by atoms with van der Waals surface area (Å²) >= 11 is 1.56. The molecule has 1 atom stereocenters. The maximum Gasteiger partial charge on any atom is 0.165 e. The van der Waals surface area contributed by atoms with Gasteiger partial charge in [0, 0.05) is 4.88 Å². The molecule has 1 heterocycles. The first-order chi connectivity index (χ1) is 7.72.